The van der Waals surface area contributed by atoms with Crippen LogP contribution >= 0.6 is 0 Å². The van der Waals surface area contributed by atoms with E-state index in [9.17, 15) is 27.2 Å². The number of carboxylic acid groups (broad SMARTS) is 1. The number of aromatic amines is 1. The number of carboxylic acids is 1. The van der Waals surface area contributed by atoms with Crippen LogP contribution in [0, 0.1) is 23.3 Å². The minimum absolute atomic E-state index is 0.0302. The molecule has 110 valence electrons. The van der Waals surface area contributed by atoms with Crippen molar-refractivity contribution < 1.29 is 32.3 Å². The van der Waals surface area contributed by atoms with Crippen LogP contribution in [0.3, 0.4) is 0 Å². The Balaban J connectivity index is 2.41. The summed E-state index contributed by atoms with van der Waals surface area (Å²) in [5.74, 6) is -9.99. The summed E-state index contributed by atoms with van der Waals surface area (Å²) in [5, 5.41) is 10.3. The van der Waals surface area contributed by atoms with Crippen molar-refractivity contribution in [3.8, 4) is 0 Å². The summed E-state index contributed by atoms with van der Waals surface area (Å²) >= 11 is 0. The summed E-state index contributed by atoms with van der Waals surface area (Å²) in [6.45, 7) is 0. The third-order valence-electron chi connectivity index (χ3n) is 2.42. The van der Waals surface area contributed by atoms with E-state index in [1.807, 2.05) is 0 Å². The molecule has 1 aromatic carbocycles. The molecule has 10 heteroatoms. The second kappa shape index (κ2) is 5.23. The van der Waals surface area contributed by atoms with Crippen LogP contribution in [0.5, 0.6) is 0 Å². The lowest BCUT2D eigenvalue weighted by molar-refractivity contribution is 0.0686. The molecule has 21 heavy (non-hydrogen) atoms. The van der Waals surface area contributed by atoms with Gasteiger partial charge in [-0.25, -0.2) is 27.3 Å². The van der Waals surface area contributed by atoms with Crippen molar-refractivity contribution in [3.05, 3.63) is 47.1 Å². The van der Waals surface area contributed by atoms with E-state index >= 15 is 0 Å². The van der Waals surface area contributed by atoms with Crippen LogP contribution in [-0.4, -0.2) is 27.0 Å². The number of imidazole rings is 1. The van der Waals surface area contributed by atoms with Gasteiger partial charge in [0.1, 0.15) is 5.69 Å². The fourth-order valence-corrected chi connectivity index (χ4v) is 1.49. The van der Waals surface area contributed by atoms with Gasteiger partial charge in [-0.3, -0.25) is 4.79 Å². The van der Waals surface area contributed by atoms with E-state index in [1.165, 1.54) is 0 Å². The number of carbonyl (C=O) groups is 2. The molecule has 1 aromatic heterocycles. The summed E-state index contributed by atoms with van der Waals surface area (Å²) in [4.78, 5) is 27.9. The Morgan fingerprint density at radius 2 is 1.71 bits per heavy atom. The van der Waals surface area contributed by atoms with Crippen molar-refractivity contribution in [2.75, 3.05) is 5.32 Å². The fraction of sp³-hybridized carbons (Fsp3) is 0. The lowest BCUT2D eigenvalue weighted by Crippen LogP contribution is -2.19. The molecule has 6 nitrogen and oxygen atoms in total. The van der Waals surface area contributed by atoms with E-state index in [0.717, 1.165) is 6.33 Å². The first-order valence-corrected chi connectivity index (χ1v) is 5.24. The third kappa shape index (κ3) is 2.55. The number of nitrogens with zero attached hydrogens (tertiary/aromatic N) is 1. The zero-order chi connectivity index (χ0) is 15.7. The third-order valence-corrected chi connectivity index (χ3v) is 2.42. The lowest BCUT2D eigenvalue weighted by atomic mass is 10.2. The molecule has 0 aliphatic carbocycles. The quantitative estimate of drug-likeness (QED) is 0.596. The van der Waals surface area contributed by atoms with Gasteiger partial charge in [-0.05, 0) is 0 Å². The standard InChI is InChI=1S/C11H5F4N3O3/c12-3-1-4(13)6(15)7(5(3)14)18-10(19)8-9(11(20)21)17-2-16-8/h1-2H,(H,16,17)(H,18,19)(H,20,21). The Bertz CT molecular complexity index is 718. The number of anilines is 1. The predicted molar refractivity (Wildman–Crippen MR) is 59.8 cm³/mol. The number of aromatic carboxylic acids is 1. The monoisotopic (exact) mass is 303 g/mol. The molecule has 0 saturated carbocycles. The Kier molecular flexibility index (Phi) is 3.61. The maximum atomic E-state index is 13.4. The zero-order valence-electron chi connectivity index (χ0n) is 9.88. The molecular weight excluding hydrogens is 298 g/mol. The van der Waals surface area contributed by atoms with E-state index in [1.54, 1.807) is 5.32 Å². The number of H-pyrrole nitrogens is 1. The van der Waals surface area contributed by atoms with Gasteiger partial charge in [-0.15, -0.1) is 0 Å². The molecule has 0 saturated heterocycles. The Morgan fingerprint density at radius 3 is 2.24 bits per heavy atom. The van der Waals surface area contributed by atoms with E-state index < -0.39 is 52.2 Å². The highest BCUT2D eigenvalue weighted by molar-refractivity contribution is 6.08. The number of hydrogen-bond acceptors (Lipinski definition) is 3. The van der Waals surface area contributed by atoms with Crippen molar-refractivity contribution in [3.63, 3.8) is 0 Å². The molecule has 0 bridgehead atoms. The van der Waals surface area contributed by atoms with Crippen molar-refractivity contribution in [2.24, 2.45) is 0 Å². The summed E-state index contributed by atoms with van der Waals surface area (Å²) in [7, 11) is 0. The van der Waals surface area contributed by atoms with Gasteiger partial charge in [0.05, 0.1) is 6.33 Å². The molecule has 0 aliphatic heterocycles. The maximum absolute atomic E-state index is 13.4. The van der Waals surface area contributed by atoms with Crippen LogP contribution in [0.15, 0.2) is 12.4 Å². The van der Waals surface area contributed by atoms with E-state index in [4.69, 9.17) is 5.11 Å². The van der Waals surface area contributed by atoms with E-state index in [-0.39, 0.29) is 6.07 Å². The number of nitrogens with one attached hydrogen (secondary N) is 2. The molecule has 2 aromatic rings. The molecule has 1 heterocycles. The van der Waals surface area contributed by atoms with Crippen LogP contribution in [-0.2, 0) is 0 Å². The Morgan fingerprint density at radius 1 is 1.14 bits per heavy atom. The Labute approximate surface area is 113 Å². The van der Waals surface area contributed by atoms with Gasteiger partial charge < -0.3 is 15.4 Å². The van der Waals surface area contributed by atoms with Gasteiger partial charge in [-0.1, -0.05) is 0 Å². The number of halogens is 4. The highest BCUT2D eigenvalue weighted by Gasteiger charge is 2.25. The smallest absolute Gasteiger partial charge is 0.354 e. The van der Waals surface area contributed by atoms with Crippen molar-refractivity contribution >= 4 is 17.6 Å². The van der Waals surface area contributed by atoms with Gasteiger partial charge in [0.15, 0.2) is 34.7 Å². The molecule has 3 N–H and O–H groups in total. The Hall–Kier alpha value is -2.91. The van der Waals surface area contributed by atoms with Crippen molar-refractivity contribution in [1.29, 1.82) is 0 Å². The normalized spacial score (nSPS) is 10.5. The first-order valence-electron chi connectivity index (χ1n) is 5.24. The predicted octanol–water partition coefficient (Wildman–Crippen LogP) is 1.92. The topological polar surface area (TPSA) is 95.1 Å². The number of hydrogen-bond donors (Lipinski definition) is 3. The maximum Gasteiger partial charge on any atom is 0.354 e. The van der Waals surface area contributed by atoms with Crippen LogP contribution < -0.4 is 5.32 Å². The number of benzene rings is 1. The van der Waals surface area contributed by atoms with Gasteiger partial charge in [0.25, 0.3) is 5.91 Å². The first kappa shape index (κ1) is 14.5. The molecule has 0 atom stereocenters. The van der Waals surface area contributed by atoms with Gasteiger partial charge in [0, 0.05) is 6.07 Å². The molecule has 0 spiro atoms. The largest absolute Gasteiger partial charge is 0.477 e. The van der Waals surface area contributed by atoms with E-state index in [2.05, 4.69) is 9.97 Å². The number of carbonyl (C=O) groups excluding carboxylic acids is 1. The molecule has 0 radical (unpaired) electrons. The summed E-state index contributed by atoms with van der Waals surface area (Å²) < 4.78 is 52.7. The van der Waals surface area contributed by atoms with Crippen LogP contribution in [0.2, 0.25) is 0 Å². The highest BCUT2D eigenvalue weighted by atomic mass is 19.2. The minimum atomic E-state index is -1.82. The SMILES string of the molecule is O=C(Nc1c(F)c(F)cc(F)c1F)c1nc[nH]c1C(=O)O. The molecule has 1 amide bonds. The van der Waals surface area contributed by atoms with Crippen molar-refractivity contribution in [1.82, 2.24) is 9.97 Å². The average molecular weight is 303 g/mol. The lowest BCUT2D eigenvalue weighted by Gasteiger charge is -2.08. The summed E-state index contributed by atoms with van der Waals surface area (Å²) in [6, 6.07) is -0.0302. The van der Waals surface area contributed by atoms with Gasteiger partial charge >= 0.3 is 5.97 Å². The van der Waals surface area contributed by atoms with Crippen LogP contribution in [0.1, 0.15) is 21.0 Å². The molecule has 2 rings (SSSR count). The summed E-state index contributed by atoms with van der Waals surface area (Å²) in [5.41, 5.74) is -2.73. The first-order chi connectivity index (χ1) is 9.82. The highest BCUT2D eigenvalue weighted by Crippen LogP contribution is 2.24. The van der Waals surface area contributed by atoms with Gasteiger partial charge in [-0.2, -0.15) is 0 Å². The van der Waals surface area contributed by atoms with Crippen LogP contribution in [0.4, 0.5) is 23.2 Å². The average Bonchev–Trinajstić information content (AvgIpc) is 2.91. The van der Waals surface area contributed by atoms with Crippen molar-refractivity contribution in [2.45, 2.75) is 0 Å². The number of rotatable bonds is 3. The second-order valence-corrected chi connectivity index (χ2v) is 3.73. The van der Waals surface area contributed by atoms with Crippen LogP contribution in [0.25, 0.3) is 0 Å². The van der Waals surface area contributed by atoms with Gasteiger partial charge in [0.2, 0.25) is 0 Å². The minimum Gasteiger partial charge on any atom is -0.477 e. The molecule has 0 unspecified atom stereocenters. The molecule has 0 aliphatic rings. The zero-order valence-corrected chi connectivity index (χ0v) is 9.88. The number of amides is 1. The van der Waals surface area contributed by atoms with E-state index in [0.29, 0.717) is 0 Å². The molecular formula is C11H5F4N3O3. The molecule has 0 fully saturated rings. The summed E-state index contributed by atoms with van der Waals surface area (Å²) in [6.07, 6.45) is 0.858. The number of aromatic nitrogens is 2. The fourth-order valence-electron chi connectivity index (χ4n) is 1.49. The second-order valence-electron chi connectivity index (χ2n) is 3.73.